The standard InChI is InChI=1S/C18H24N2O4/c1-11(12-4-5-12)19-18(22)13-8-17(21)20(10-13)15-9-14(23-2)6-7-16(15)24-3/h6-7,9,11-13H,4-5,8,10H2,1-3H3,(H,19,22). The molecule has 1 aliphatic heterocycles. The third kappa shape index (κ3) is 3.32. The van der Waals surface area contributed by atoms with Gasteiger partial charge in [0.25, 0.3) is 0 Å². The fraction of sp³-hybridized carbons (Fsp3) is 0.556. The van der Waals surface area contributed by atoms with E-state index in [0.29, 0.717) is 29.6 Å². The van der Waals surface area contributed by atoms with Crippen molar-refractivity contribution in [2.45, 2.75) is 32.2 Å². The van der Waals surface area contributed by atoms with Crippen molar-refractivity contribution < 1.29 is 19.1 Å². The number of hydrogen-bond donors (Lipinski definition) is 1. The van der Waals surface area contributed by atoms with Gasteiger partial charge in [0.05, 0.1) is 25.8 Å². The van der Waals surface area contributed by atoms with E-state index in [1.165, 1.54) is 12.8 Å². The van der Waals surface area contributed by atoms with Crippen molar-refractivity contribution in [2.24, 2.45) is 11.8 Å². The molecule has 2 aliphatic rings. The fourth-order valence-electron chi connectivity index (χ4n) is 3.18. The Bertz CT molecular complexity index is 642. The normalized spacial score (nSPS) is 21.5. The van der Waals surface area contributed by atoms with Crippen LogP contribution in [0.3, 0.4) is 0 Å². The lowest BCUT2D eigenvalue weighted by molar-refractivity contribution is -0.127. The number of nitrogens with one attached hydrogen (secondary N) is 1. The van der Waals surface area contributed by atoms with Gasteiger partial charge in [0.2, 0.25) is 11.8 Å². The summed E-state index contributed by atoms with van der Waals surface area (Å²) in [6, 6.07) is 5.51. The minimum absolute atomic E-state index is 0.0351. The quantitative estimate of drug-likeness (QED) is 0.865. The van der Waals surface area contributed by atoms with E-state index in [1.807, 2.05) is 6.92 Å². The monoisotopic (exact) mass is 332 g/mol. The number of amides is 2. The summed E-state index contributed by atoms with van der Waals surface area (Å²) in [7, 11) is 3.14. The Morgan fingerprint density at radius 2 is 2.04 bits per heavy atom. The topological polar surface area (TPSA) is 67.9 Å². The zero-order chi connectivity index (χ0) is 17.3. The van der Waals surface area contributed by atoms with Crippen LogP contribution >= 0.6 is 0 Å². The minimum atomic E-state index is -0.324. The zero-order valence-electron chi connectivity index (χ0n) is 14.4. The van der Waals surface area contributed by atoms with Gasteiger partial charge in [-0.3, -0.25) is 9.59 Å². The summed E-state index contributed by atoms with van der Waals surface area (Å²) in [4.78, 5) is 26.5. The molecule has 1 aromatic rings. The van der Waals surface area contributed by atoms with Crippen molar-refractivity contribution in [3.63, 3.8) is 0 Å². The van der Waals surface area contributed by atoms with Gasteiger partial charge in [-0.25, -0.2) is 0 Å². The largest absolute Gasteiger partial charge is 0.497 e. The number of anilines is 1. The molecule has 0 aromatic heterocycles. The first kappa shape index (κ1) is 16.6. The smallest absolute Gasteiger partial charge is 0.227 e. The second-order valence-corrected chi connectivity index (χ2v) is 6.58. The molecule has 0 spiro atoms. The molecule has 0 radical (unpaired) electrons. The van der Waals surface area contributed by atoms with E-state index in [-0.39, 0.29) is 30.2 Å². The average molecular weight is 332 g/mol. The molecule has 24 heavy (non-hydrogen) atoms. The number of carbonyl (C=O) groups is 2. The van der Waals surface area contributed by atoms with Gasteiger partial charge < -0.3 is 19.7 Å². The van der Waals surface area contributed by atoms with Crippen molar-refractivity contribution in [3.05, 3.63) is 18.2 Å². The van der Waals surface area contributed by atoms with E-state index >= 15 is 0 Å². The van der Waals surface area contributed by atoms with Crippen LogP contribution in [0.2, 0.25) is 0 Å². The Kier molecular flexibility index (Phi) is 4.64. The van der Waals surface area contributed by atoms with Crippen LogP contribution in [-0.4, -0.2) is 38.6 Å². The Morgan fingerprint density at radius 3 is 2.67 bits per heavy atom. The number of ether oxygens (including phenoxy) is 2. The van der Waals surface area contributed by atoms with E-state index < -0.39 is 0 Å². The van der Waals surface area contributed by atoms with Crippen molar-refractivity contribution in [2.75, 3.05) is 25.7 Å². The van der Waals surface area contributed by atoms with Gasteiger partial charge in [-0.05, 0) is 37.8 Å². The fourth-order valence-corrected chi connectivity index (χ4v) is 3.18. The number of nitrogens with zero attached hydrogens (tertiary/aromatic N) is 1. The van der Waals surface area contributed by atoms with Gasteiger partial charge in [0, 0.05) is 25.1 Å². The maximum Gasteiger partial charge on any atom is 0.227 e. The molecule has 1 saturated carbocycles. The Morgan fingerprint density at radius 1 is 1.29 bits per heavy atom. The van der Waals surface area contributed by atoms with Gasteiger partial charge in [0.1, 0.15) is 11.5 Å². The summed E-state index contributed by atoms with van der Waals surface area (Å²) in [5, 5.41) is 3.05. The van der Waals surface area contributed by atoms with Crippen LogP contribution in [0, 0.1) is 11.8 Å². The molecule has 1 N–H and O–H groups in total. The van der Waals surface area contributed by atoms with Crippen LogP contribution in [0.1, 0.15) is 26.2 Å². The molecule has 6 nitrogen and oxygen atoms in total. The van der Waals surface area contributed by atoms with E-state index in [9.17, 15) is 9.59 Å². The molecule has 2 unspecified atom stereocenters. The molecule has 1 heterocycles. The van der Waals surface area contributed by atoms with Gasteiger partial charge >= 0.3 is 0 Å². The third-order valence-electron chi connectivity index (χ3n) is 4.87. The van der Waals surface area contributed by atoms with Crippen molar-refractivity contribution in [1.29, 1.82) is 0 Å². The van der Waals surface area contributed by atoms with Gasteiger partial charge in [0.15, 0.2) is 0 Å². The zero-order valence-corrected chi connectivity index (χ0v) is 14.4. The molecule has 1 saturated heterocycles. The lowest BCUT2D eigenvalue weighted by Crippen LogP contribution is -2.39. The number of benzene rings is 1. The van der Waals surface area contributed by atoms with Gasteiger partial charge in [-0.1, -0.05) is 0 Å². The van der Waals surface area contributed by atoms with Crippen molar-refractivity contribution in [1.82, 2.24) is 5.32 Å². The maximum atomic E-state index is 12.4. The van der Waals surface area contributed by atoms with Crippen LogP contribution in [0.15, 0.2) is 18.2 Å². The molecule has 130 valence electrons. The summed E-state index contributed by atoms with van der Waals surface area (Å²) in [5.74, 6) is 1.41. The number of rotatable bonds is 6. The number of hydrogen-bond acceptors (Lipinski definition) is 4. The summed E-state index contributed by atoms with van der Waals surface area (Å²) in [6.45, 7) is 2.40. The van der Waals surface area contributed by atoms with Crippen molar-refractivity contribution in [3.8, 4) is 11.5 Å². The van der Waals surface area contributed by atoms with Crippen molar-refractivity contribution >= 4 is 17.5 Å². The van der Waals surface area contributed by atoms with Crippen LogP contribution in [-0.2, 0) is 9.59 Å². The molecule has 0 bridgehead atoms. The van der Waals surface area contributed by atoms with Crippen LogP contribution in [0.25, 0.3) is 0 Å². The van der Waals surface area contributed by atoms with E-state index in [0.717, 1.165) is 0 Å². The second-order valence-electron chi connectivity index (χ2n) is 6.58. The van der Waals surface area contributed by atoms with Crippen LogP contribution in [0.5, 0.6) is 11.5 Å². The highest BCUT2D eigenvalue weighted by Gasteiger charge is 2.38. The number of methoxy groups -OCH3 is 2. The van der Waals surface area contributed by atoms with Crippen LogP contribution in [0.4, 0.5) is 5.69 Å². The number of carbonyl (C=O) groups excluding carboxylic acids is 2. The molecule has 6 heteroatoms. The molecule has 1 aliphatic carbocycles. The first-order valence-corrected chi connectivity index (χ1v) is 8.36. The summed E-state index contributed by atoms with van der Waals surface area (Å²) in [6.07, 6.45) is 2.58. The molecule has 2 atom stereocenters. The third-order valence-corrected chi connectivity index (χ3v) is 4.87. The predicted octanol–water partition coefficient (Wildman–Crippen LogP) is 1.97. The molecular formula is C18H24N2O4. The first-order valence-electron chi connectivity index (χ1n) is 8.36. The van der Waals surface area contributed by atoms with E-state index in [2.05, 4.69) is 5.32 Å². The average Bonchev–Trinajstić information content (AvgIpc) is 3.36. The lowest BCUT2D eigenvalue weighted by atomic mass is 10.1. The Hall–Kier alpha value is -2.24. The summed E-state index contributed by atoms with van der Waals surface area (Å²) < 4.78 is 10.6. The Labute approximate surface area is 142 Å². The lowest BCUT2D eigenvalue weighted by Gasteiger charge is -2.21. The first-order chi connectivity index (χ1) is 11.5. The molecule has 2 fully saturated rings. The highest BCUT2D eigenvalue weighted by atomic mass is 16.5. The highest BCUT2D eigenvalue weighted by Crippen LogP contribution is 2.36. The molecule has 2 amide bonds. The van der Waals surface area contributed by atoms with E-state index in [4.69, 9.17) is 9.47 Å². The van der Waals surface area contributed by atoms with Gasteiger partial charge in [-0.15, -0.1) is 0 Å². The molecule has 3 rings (SSSR count). The minimum Gasteiger partial charge on any atom is -0.497 e. The molecule has 1 aromatic carbocycles. The maximum absolute atomic E-state index is 12.4. The summed E-state index contributed by atoms with van der Waals surface area (Å²) >= 11 is 0. The molecular weight excluding hydrogens is 308 g/mol. The van der Waals surface area contributed by atoms with Crippen LogP contribution < -0.4 is 19.7 Å². The SMILES string of the molecule is COc1ccc(OC)c(N2CC(C(=O)NC(C)C3CC3)CC2=O)c1. The van der Waals surface area contributed by atoms with Gasteiger partial charge in [-0.2, -0.15) is 0 Å². The predicted molar refractivity (Wildman–Crippen MR) is 90.3 cm³/mol. The summed E-state index contributed by atoms with van der Waals surface area (Å²) in [5.41, 5.74) is 0.646. The highest BCUT2D eigenvalue weighted by molar-refractivity contribution is 6.01. The second kappa shape index (κ2) is 6.71. The van der Waals surface area contributed by atoms with E-state index in [1.54, 1.807) is 37.3 Å². The Balaban J connectivity index is 1.73.